The molecule has 1 aliphatic carbocycles. The predicted molar refractivity (Wildman–Crippen MR) is 157 cm³/mol. The molecule has 210 valence electrons. The molecule has 2 fully saturated rings. The number of amides is 2. The summed E-state index contributed by atoms with van der Waals surface area (Å²) in [6.07, 6.45) is 9.88. The summed E-state index contributed by atoms with van der Waals surface area (Å²) < 4.78 is 30.1. The van der Waals surface area contributed by atoms with Crippen molar-refractivity contribution in [3.8, 4) is 11.3 Å². The van der Waals surface area contributed by atoms with Gasteiger partial charge in [0.1, 0.15) is 0 Å². The van der Waals surface area contributed by atoms with E-state index in [2.05, 4.69) is 21.4 Å². The Labute approximate surface area is 235 Å². The zero-order valence-corrected chi connectivity index (χ0v) is 24.0. The maximum atomic E-state index is 13.7. The van der Waals surface area contributed by atoms with Crippen LogP contribution in [0.15, 0.2) is 48.0 Å². The fourth-order valence-corrected chi connectivity index (χ4v) is 7.07. The van der Waals surface area contributed by atoms with E-state index in [4.69, 9.17) is 0 Å². The molecule has 0 bridgehead atoms. The molecule has 6 rings (SSSR count). The van der Waals surface area contributed by atoms with Crippen molar-refractivity contribution in [1.29, 1.82) is 0 Å². The van der Waals surface area contributed by atoms with Gasteiger partial charge in [-0.2, -0.15) is 12.7 Å². The average molecular weight is 561 g/mol. The second-order valence-corrected chi connectivity index (χ2v) is 13.3. The third kappa shape index (κ3) is 4.75. The summed E-state index contributed by atoms with van der Waals surface area (Å²) >= 11 is 0. The van der Waals surface area contributed by atoms with Crippen LogP contribution >= 0.6 is 0 Å². The molecule has 1 saturated heterocycles. The second-order valence-electron chi connectivity index (χ2n) is 11.4. The SMILES string of the molecule is CN(C)S(=O)(=O)NC(=O)c1ccc2c(C3CCCCC3)c3n(c2c1)CC(C(=O)N1CCCC1)=Cc1ccccc1-3. The summed E-state index contributed by atoms with van der Waals surface area (Å²) in [5, 5.41) is 1.07. The van der Waals surface area contributed by atoms with Crippen LogP contribution in [0, 0.1) is 0 Å². The van der Waals surface area contributed by atoms with Gasteiger partial charge in [-0.05, 0) is 60.9 Å². The Kier molecular flexibility index (Phi) is 7.04. The topological polar surface area (TPSA) is 91.7 Å². The van der Waals surface area contributed by atoms with Crippen LogP contribution in [0.25, 0.3) is 28.2 Å². The van der Waals surface area contributed by atoms with Gasteiger partial charge in [0.2, 0.25) is 0 Å². The van der Waals surface area contributed by atoms with Crippen LogP contribution < -0.4 is 4.72 Å². The van der Waals surface area contributed by atoms with Gasteiger partial charge in [-0.15, -0.1) is 0 Å². The number of carbonyl (C=O) groups is 2. The van der Waals surface area contributed by atoms with Gasteiger partial charge in [-0.3, -0.25) is 9.59 Å². The summed E-state index contributed by atoms with van der Waals surface area (Å²) in [6.45, 7) is 1.94. The van der Waals surface area contributed by atoms with E-state index in [1.54, 1.807) is 12.1 Å². The number of nitrogens with one attached hydrogen (secondary N) is 1. The summed E-state index contributed by atoms with van der Waals surface area (Å²) in [6, 6.07) is 13.7. The number of hydrogen-bond acceptors (Lipinski definition) is 4. The lowest BCUT2D eigenvalue weighted by Gasteiger charge is -2.24. The maximum Gasteiger partial charge on any atom is 0.303 e. The first-order valence-corrected chi connectivity index (χ1v) is 15.7. The molecule has 8 nitrogen and oxygen atoms in total. The molecule has 1 N–H and O–H groups in total. The highest BCUT2D eigenvalue weighted by Crippen LogP contribution is 2.46. The molecular formula is C31H36N4O4S. The van der Waals surface area contributed by atoms with Crippen LogP contribution in [0.5, 0.6) is 0 Å². The van der Waals surface area contributed by atoms with Crippen LogP contribution in [-0.4, -0.2) is 61.2 Å². The quantitative estimate of drug-likeness (QED) is 0.480. The zero-order chi connectivity index (χ0) is 28.0. The lowest BCUT2D eigenvalue weighted by atomic mass is 9.81. The van der Waals surface area contributed by atoms with E-state index in [0.717, 1.165) is 76.4 Å². The third-order valence-corrected chi connectivity index (χ3v) is 10.0. The van der Waals surface area contributed by atoms with E-state index in [1.165, 1.54) is 38.9 Å². The van der Waals surface area contributed by atoms with Gasteiger partial charge in [0, 0.05) is 54.8 Å². The van der Waals surface area contributed by atoms with E-state index < -0.39 is 16.1 Å². The average Bonchev–Trinajstić information content (AvgIpc) is 3.55. The van der Waals surface area contributed by atoms with Crippen molar-refractivity contribution in [3.63, 3.8) is 0 Å². The van der Waals surface area contributed by atoms with Crippen LogP contribution in [0.1, 0.15) is 72.3 Å². The minimum Gasteiger partial charge on any atom is -0.339 e. The molecule has 9 heteroatoms. The molecule has 1 saturated carbocycles. The lowest BCUT2D eigenvalue weighted by molar-refractivity contribution is -0.126. The summed E-state index contributed by atoms with van der Waals surface area (Å²) in [7, 11) is -1.18. The fourth-order valence-electron chi connectivity index (χ4n) is 6.54. The summed E-state index contributed by atoms with van der Waals surface area (Å²) in [4.78, 5) is 28.8. The Morgan fingerprint density at radius 2 is 1.68 bits per heavy atom. The third-order valence-electron chi connectivity index (χ3n) is 8.62. The fraction of sp³-hybridized carbons (Fsp3) is 0.419. The molecule has 3 heterocycles. The van der Waals surface area contributed by atoms with Crippen LogP contribution in [-0.2, 0) is 21.5 Å². The number of likely N-dealkylation sites (tertiary alicyclic amines) is 1. The Morgan fingerprint density at radius 1 is 0.950 bits per heavy atom. The van der Waals surface area contributed by atoms with Crippen molar-refractivity contribution in [3.05, 3.63) is 64.7 Å². The summed E-state index contributed by atoms with van der Waals surface area (Å²) in [5.41, 5.74) is 6.34. The molecule has 40 heavy (non-hydrogen) atoms. The van der Waals surface area contributed by atoms with Crippen LogP contribution in [0.2, 0.25) is 0 Å². The minimum atomic E-state index is -3.94. The molecule has 1 aromatic heterocycles. The molecule has 2 aliphatic heterocycles. The minimum absolute atomic E-state index is 0.0622. The highest BCUT2D eigenvalue weighted by atomic mass is 32.2. The number of rotatable bonds is 5. The molecular weight excluding hydrogens is 524 g/mol. The Morgan fingerprint density at radius 3 is 2.40 bits per heavy atom. The summed E-state index contributed by atoms with van der Waals surface area (Å²) in [5.74, 6) is -0.235. The molecule has 0 radical (unpaired) electrons. The molecule has 3 aliphatic rings. The van der Waals surface area contributed by atoms with Crippen molar-refractivity contribution in [2.75, 3.05) is 27.2 Å². The maximum absolute atomic E-state index is 13.7. The first-order chi connectivity index (χ1) is 19.2. The first kappa shape index (κ1) is 26.8. The first-order valence-electron chi connectivity index (χ1n) is 14.2. The number of nitrogens with zero attached hydrogens (tertiary/aromatic N) is 3. The molecule has 2 aromatic carbocycles. The molecule has 0 spiro atoms. The van der Waals surface area contributed by atoms with Crippen molar-refractivity contribution in [2.24, 2.45) is 0 Å². The van der Waals surface area contributed by atoms with Gasteiger partial charge in [0.25, 0.3) is 11.8 Å². The van der Waals surface area contributed by atoms with E-state index in [0.29, 0.717) is 12.5 Å². The van der Waals surface area contributed by atoms with Crippen molar-refractivity contribution < 1.29 is 18.0 Å². The zero-order valence-electron chi connectivity index (χ0n) is 23.2. The number of fused-ring (bicyclic) bond motifs is 5. The number of carbonyl (C=O) groups excluding carboxylic acids is 2. The highest BCUT2D eigenvalue weighted by Gasteiger charge is 2.32. The Balaban J connectivity index is 1.55. The Bertz CT molecular complexity index is 1620. The van der Waals surface area contributed by atoms with Gasteiger partial charge in [0.05, 0.1) is 12.2 Å². The van der Waals surface area contributed by atoms with Crippen LogP contribution in [0.3, 0.4) is 0 Å². The van der Waals surface area contributed by atoms with Gasteiger partial charge < -0.3 is 9.47 Å². The Hall–Kier alpha value is -3.43. The molecule has 3 aromatic rings. The smallest absolute Gasteiger partial charge is 0.303 e. The van der Waals surface area contributed by atoms with Gasteiger partial charge in [-0.25, -0.2) is 4.72 Å². The predicted octanol–water partition coefficient (Wildman–Crippen LogP) is 4.91. The number of hydrogen-bond donors (Lipinski definition) is 1. The molecule has 0 atom stereocenters. The van der Waals surface area contributed by atoms with Crippen molar-refractivity contribution in [2.45, 2.75) is 57.4 Å². The van der Waals surface area contributed by atoms with Crippen LogP contribution in [0.4, 0.5) is 0 Å². The largest absolute Gasteiger partial charge is 0.339 e. The van der Waals surface area contributed by atoms with Crippen molar-refractivity contribution in [1.82, 2.24) is 18.5 Å². The van der Waals surface area contributed by atoms with E-state index >= 15 is 0 Å². The van der Waals surface area contributed by atoms with Gasteiger partial charge in [0.15, 0.2) is 0 Å². The molecule has 2 amide bonds. The highest BCUT2D eigenvalue weighted by molar-refractivity contribution is 7.87. The second kappa shape index (κ2) is 10.5. The standard InChI is InChI=1S/C31H36N4O4S/c1-33(2)40(38,39)32-30(36)23-14-15-26-27(19-23)35-20-24(31(37)34-16-8-9-17-34)18-22-12-6-7-13-25(22)29(35)28(26)21-10-4-3-5-11-21/h6-7,12-15,18-19,21H,3-5,8-11,16-17,20H2,1-2H3,(H,32,36). The van der Waals surface area contributed by atoms with Crippen molar-refractivity contribution >= 4 is 39.0 Å². The van der Waals surface area contributed by atoms with E-state index in [1.807, 2.05) is 29.2 Å². The lowest BCUT2D eigenvalue weighted by Crippen LogP contribution is -2.39. The monoisotopic (exact) mass is 560 g/mol. The number of benzene rings is 2. The number of aromatic nitrogens is 1. The normalized spacial score (nSPS) is 17.9. The molecule has 0 unspecified atom stereocenters. The van der Waals surface area contributed by atoms with E-state index in [9.17, 15) is 18.0 Å². The van der Waals surface area contributed by atoms with Gasteiger partial charge >= 0.3 is 10.2 Å². The van der Waals surface area contributed by atoms with Gasteiger partial charge in [-0.1, -0.05) is 49.6 Å². The van der Waals surface area contributed by atoms with E-state index in [-0.39, 0.29) is 11.5 Å².